The van der Waals surface area contributed by atoms with E-state index in [0.29, 0.717) is 51.6 Å². The number of ether oxygens (including phenoxy) is 1. The molecule has 2 aliphatic rings. The van der Waals surface area contributed by atoms with Crippen LogP contribution in [0.1, 0.15) is 13.8 Å². The molecule has 1 atom stereocenters. The number of rotatable bonds is 6. The van der Waals surface area contributed by atoms with Gasteiger partial charge in [-0.1, -0.05) is 0 Å². The topological polar surface area (TPSA) is 99.3 Å². The molecule has 3 amide bonds. The number of nitrogens with zero attached hydrogens (tertiary/aromatic N) is 3. The minimum Gasteiger partial charge on any atom is -0.494 e. The molecule has 2 fully saturated rings. The molecule has 2 aliphatic heterocycles. The third kappa shape index (κ3) is 4.13. The Hall–Kier alpha value is -2.17. The Balaban J connectivity index is 1.60. The van der Waals surface area contributed by atoms with Crippen molar-refractivity contribution in [3.8, 4) is 5.75 Å². The molecule has 0 radical (unpaired) electrons. The van der Waals surface area contributed by atoms with E-state index in [4.69, 9.17) is 4.74 Å². The Morgan fingerprint density at radius 1 is 1.14 bits per heavy atom. The number of urea groups is 1. The lowest BCUT2D eigenvalue weighted by Crippen LogP contribution is -2.55. The maximum atomic E-state index is 12.9. The molecule has 10 heteroatoms. The summed E-state index contributed by atoms with van der Waals surface area (Å²) in [4.78, 5) is 27.6. The van der Waals surface area contributed by atoms with Crippen LogP contribution in [-0.2, 0) is 14.8 Å². The lowest BCUT2D eigenvalue weighted by molar-refractivity contribution is -0.133. The molecule has 28 heavy (non-hydrogen) atoms. The SMILES string of the molecule is CCOc1ccc(S(=O)(=O)N2CCN([C@@H](C)C(=O)N3CCNC3=O)CC2)cc1. The highest BCUT2D eigenvalue weighted by Gasteiger charge is 2.35. The largest absolute Gasteiger partial charge is 0.494 e. The average Bonchev–Trinajstić information content (AvgIpc) is 3.13. The number of carbonyl (C=O) groups excluding carboxylic acids is 2. The number of carbonyl (C=O) groups is 2. The Morgan fingerprint density at radius 3 is 2.32 bits per heavy atom. The first-order valence-electron chi connectivity index (χ1n) is 9.41. The molecular formula is C18H26N4O5S. The number of benzene rings is 1. The lowest BCUT2D eigenvalue weighted by Gasteiger charge is -2.37. The van der Waals surface area contributed by atoms with Crippen LogP contribution in [0.5, 0.6) is 5.75 Å². The normalized spacial score (nSPS) is 20.1. The predicted molar refractivity (Wildman–Crippen MR) is 103 cm³/mol. The van der Waals surface area contributed by atoms with E-state index in [0.717, 1.165) is 0 Å². The lowest BCUT2D eigenvalue weighted by atomic mass is 10.2. The van der Waals surface area contributed by atoms with Crippen molar-refractivity contribution in [3.63, 3.8) is 0 Å². The van der Waals surface area contributed by atoms with Crippen LogP contribution in [-0.4, -0.2) is 86.4 Å². The van der Waals surface area contributed by atoms with Gasteiger partial charge in [-0.05, 0) is 38.1 Å². The summed E-state index contributed by atoms with van der Waals surface area (Å²) in [7, 11) is -3.60. The predicted octanol–water partition coefficient (Wildman–Crippen LogP) is 0.332. The van der Waals surface area contributed by atoms with Crippen LogP contribution in [0.25, 0.3) is 0 Å². The molecule has 1 N–H and O–H groups in total. The van der Waals surface area contributed by atoms with E-state index in [1.165, 1.54) is 9.21 Å². The molecule has 0 aliphatic carbocycles. The zero-order valence-corrected chi connectivity index (χ0v) is 16.9. The van der Waals surface area contributed by atoms with Crippen LogP contribution in [0, 0.1) is 0 Å². The first-order valence-corrected chi connectivity index (χ1v) is 10.8. The first kappa shape index (κ1) is 20.6. The summed E-state index contributed by atoms with van der Waals surface area (Å²) < 4.78 is 32.5. The van der Waals surface area contributed by atoms with E-state index >= 15 is 0 Å². The maximum absolute atomic E-state index is 12.9. The number of hydrogen-bond acceptors (Lipinski definition) is 6. The van der Waals surface area contributed by atoms with E-state index < -0.39 is 16.1 Å². The highest BCUT2D eigenvalue weighted by Crippen LogP contribution is 2.21. The second kappa shape index (κ2) is 8.46. The van der Waals surface area contributed by atoms with E-state index in [-0.39, 0.29) is 16.8 Å². The molecule has 2 heterocycles. The zero-order chi connectivity index (χ0) is 20.3. The van der Waals surface area contributed by atoms with E-state index in [9.17, 15) is 18.0 Å². The smallest absolute Gasteiger partial charge is 0.324 e. The maximum Gasteiger partial charge on any atom is 0.324 e. The van der Waals surface area contributed by atoms with Crippen molar-refractivity contribution in [1.29, 1.82) is 0 Å². The number of sulfonamides is 1. The quantitative estimate of drug-likeness (QED) is 0.726. The fourth-order valence-corrected chi connectivity index (χ4v) is 4.84. The van der Waals surface area contributed by atoms with E-state index in [1.807, 2.05) is 11.8 Å². The molecule has 1 aromatic rings. The Kier molecular flexibility index (Phi) is 6.21. The fraction of sp³-hybridized carbons (Fsp3) is 0.556. The Labute approximate surface area is 165 Å². The second-order valence-corrected chi connectivity index (χ2v) is 8.68. The van der Waals surface area contributed by atoms with Gasteiger partial charge in [0.05, 0.1) is 17.5 Å². The number of piperazine rings is 1. The van der Waals surface area contributed by atoms with Gasteiger partial charge in [0.2, 0.25) is 15.9 Å². The van der Waals surface area contributed by atoms with Gasteiger partial charge < -0.3 is 10.1 Å². The molecular weight excluding hydrogens is 384 g/mol. The molecule has 0 spiro atoms. The molecule has 154 valence electrons. The van der Waals surface area contributed by atoms with Gasteiger partial charge in [-0.15, -0.1) is 0 Å². The van der Waals surface area contributed by atoms with Gasteiger partial charge in [0.15, 0.2) is 0 Å². The van der Waals surface area contributed by atoms with Gasteiger partial charge in [0.1, 0.15) is 5.75 Å². The van der Waals surface area contributed by atoms with Crippen molar-refractivity contribution in [1.82, 2.24) is 19.4 Å². The van der Waals surface area contributed by atoms with Crippen molar-refractivity contribution < 1.29 is 22.7 Å². The van der Waals surface area contributed by atoms with Crippen molar-refractivity contribution in [3.05, 3.63) is 24.3 Å². The minimum atomic E-state index is -3.60. The monoisotopic (exact) mass is 410 g/mol. The minimum absolute atomic E-state index is 0.224. The summed E-state index contributed by atoms with van der Waals surface area (Å²) in [5.41, 5.74) is 0. The summed E-state index contributed by atoms with van der Waals surface area (Å²) in [5.74, 6) is 0.377. The van der Waals surface area contributed by atoms with Gasteiger partial charge in [0.25, 0.3) is 0 Å². The van der Waals surface area contributed by atoms with Crippen LogP contribution < -0.4 is 10.1 Å². The van der Waals surface area contributed by atoms with Crippen molar-refractivity contribution in [2.75, 3.05) is 45.9 Å². The van der Waals surface area contributed by atoms with Gasteiger partial charge >= 0.3 is 6.03 Å². The summed E-state index contributed by atoms with van der Waals surface area (Å²) >= 11 is 0. The molecule has 9 nitrogen and oxygen atoms in total. The zero-order valence-electron chi connectivity index (χ0n) is 16.1. The van der Waals surface area contributed by atoms with E-state index in [2.05, 4.69) is 5.32 Å². The highest BCUT2D eigenvalue weighted by atomic mass is 32.2. The first-order chi connectivity index (χ1) is 13.3. The highest BCUT2D eigenvalue weighted by molar-refractivity contribution is 7.89. The number of hydrogen-bond donors (Lipinski definition) is 1. The fourth-order valence-electron chi connectivity index (χ4n) is 3.42. The summed E-state index contributed by atoms with van der Waals surface area (Å²) in [6, 6.07) is 5.55. The van der Waals surface area contributed by atoms with Crippen LogP contribution in [0.2, 0.25) is 0 Å². The standard InChI is InChI=1S/C18H26N4O5S/c1-3-27-15-4-6-16(7-5-15)28(25,26)21-12-10-20(11-13-21)14(2)17(23)22-9-8-19-18(22)24/h4-7,14H,3,8-13H2,1-2H3,(H,19,24)/t14-/m0/s1. The van der Waals surface area contributed by atoms with Crippen LogP contribution >= 0.6 is 0 Å². The number of imide groups is 1. The van der Waals surface area contributed by atoms with Gasteiger partial charge in [0, 0.05) is 39.3 Å². The van der Waals surface area contributed by atoms with Gasteiger partial charge in [-0.3, -0.25) is 14.6 Å². The van der Waals surface area contributed by atoms with Crippen molar-refractivity contribution >= 4 is 22.0 Å². The van der Waals surface area contributed by atoms with Crippen molar-refractivity contribution in [2.45, 2.75) is 24.8 Å². The number of amides is 3. The van der Waals surface area contributed by atoms with E-state index in [1.54, 1.807) is 31.2 Å². The third-order valence-electron chi connectivity index (χ3n) is 5.07. The summed E-state index contributed by atoms with van der Waals surface area (Å²) in [6.07, 6.45) is 0. The third-order valence-corrected chi connectivity index (χ3v) is 6.99. The molecule has 3 rings (SSSR count). The molecule has 2 saturated heterocycles. The van der Waals surface area contributed by atoms with Gasteiger partial charge in [-0.25, -0.2) is 13.2 Å². The summed E-state index contributed by atoms with van der Waals surface area (Å²) in [6.45, 7) is 6.41. The van der Waals surface area contributed by atoms with Crippen LogP contribution in [0.3, 0.4) is 0 Å². The van der Waals surface area contributed by atoms with Crippen molar-refractivity contribution in [2.24, 2.45) is 0 Å². The molecule has 0 aromatic heterocycles. The van der Waals surface area contributed by atoms with Gasteiger partial charge in [-0.2, -0.15) is 4.31 Å². The molecule has 1 aromatic carbocycles. The Bertz CT molecular complexity index is 819. The molecule has 0 bridgehead atoms. The van der Waals surface area contributed by atoms with Crippen LogP contribution in [0.4, 0.5) is 4.79 Å². The molecule has 0 unspecified atom stereocenters. The second-order valence-electron chi connectivity index (χ2n) is 6.74. The average molecular weight is 410 g/mol. The molecule has 0 saturated carbocycles. The number of nitrogens with one attached hydrogen (secondary N) is 1. The summed E-state index contributed by atoms with van der Waals surface area (Å²) in [5, 5.41) is 2.62. The van der Waals surface area contributed by atoms with Crippen LogP contribution in [0.15, 0.2) is 29.2 Å². The Morgan fingerprint density at radius 2 is 1.79 bits per heavy atom.